The Kier molecular flexibility index (Phi) is 2.59. The number of hydrogen-bond donors (Lipinski definition) is 1. The lowest BCUT2D eigenvalue weighted by Crippen LogP contribution is -2.45. The zero-order chi connectivity index (χ0) is 14.7. The fraction of sp³-hybridized carbons (Fsp3) is 0.400. The summed E-state index contributed by atoms with van der Waals surface area (Å²) in [5.74, 6) is 0.0897. The Balaban J connectivity index is 1.68. The lowest BCUT2D eigenvalue weighted by Gasteiger charge is -2.41. The second-order valence-corrected chi connectivity index (χ2v) is 7.08. The van der Waals surface area contributed by atoms with Crippen LogP contribution in [0, 0.1) is 0 Å². The Morgan fingerprint density at radius 3 is 1.86 bits per heavy atom. The summed E-state index contributed by atoms with van der Waals surface area (Å²) in [4.78, 5) is 0. The quantitative estimate of drug-likeness (QED) is 0.864. The molecule has 0 saturated carbocycles. The van der Waals surface area contributed by atoms with Crippen LogP contribution in [0.2, 0.25) is 0 Å². The Morgan fingerprint density at radius 1 is 0.818 bits per heavy atom. The molecule has 2 aliphatic heterocycles. The van der Waals surface area contributed by atoms with Crippen LogP contribution in [-0.4, -0.2) is 22.9 Å². The van der Waals surface area contributed by atoms with E-state index in [0.717, 1.165) is 25.7 Å². The summed E-state index contributed by atoms with van der Waals surface area (Å²) >= 11 is 0. The van der Waals surface area contributed by atoms with Crippen molar-refractivity contribution in [2.45, 2.75) is 49.4 Å². The summed E-state index contributed by atoms with van der Waals surface area (Å²) in [5, 5.41) is 11.6. The fourth-order valence-electron chi connectivity index (χ4n) is 4.92. The molecule has 5 rings (SSSR count). The van der Waals surface area contributed by atoms with Crippen LogP contribution < -0.4 is 0 Å². The van der Waals surface area contributed by atoms with E-state index in [2.05, 4.69) is 48.5 Å². The minimum absolute atomic E-state index is 0.0897. The third kappa shape index (κ3) is 1.68. The van der Waals surface area contributed by atoms with Crippen molar-refractivity contribution in [2.75, 3.05) is 0 Å². The van der Waals surface area contributed by atoms with E-state index in [9.17, 15) is 5.11 Å². The lowest BCUT2D eigenvalue weighted by molar-refractivity contribution is -0.117. The summed E-state index contributed by atoms with van der Waals surface area (Å²) in [6.07, 6.45) is 4.20. The van der Waals surface area contributed by atoms with E-state index in [1.165, 1.54) is 22.3 Å². The van der Waals surface area contributed by atoms with Crippen molar-refractivity contribution in [3.05, 3.63) is 59.7 Å². The first-order valence-electron chi connectivity index (χ1n) is 8.31. The van der Waals surface area contributed by atoms with Crippen LogP contribution in [0.1, 0.15) is 42.7 Å². The minimum Gasteiger partial charge on any atom is -0.389 e. The van der Waals surface area contributed by atoms with Crippen molar-refractivity contribution < 1.29 is 9.84 Å². The second kappa shape index (κ2) is 4.43. The highest BCUT2D eigenvalue weighted by molar-refractivity contribution is 5.79. The smallest absolute Gasteiger partial charge is 0.0806 e. The summed E-state index contributed by atoms with van der Waals surface area (Å²) in [7, 11) is 0. The monoisotopic (exact) mass is 292 g/mol. The molecule has 0 amide bonds. The standard InChI is InChI=1S/C20H20O2/c21-20(11-13-9-10-14(12-20)22-13)19-17-7-3-1-5-15(17)16-6-2-4-8-18(16)19/h1-8,13-14,19,21H,9-12H2. The van der Waals surface area contributed by atoms with Gasteiger partial charge in [-0.3, -0.25) is 0 Å². The van der Waals surface area contributed by atoms with Gasteiger partial charge in [0.15, 0.2) is 0 Å². The number of fused-ring (bicyclic) bond motifs is 5. The summed E-state index contributed by atoms with van der Waals surface area (Å²) < 4.78 is 5.97. The van der Waals surface area contributed by atoms with Crippen LogP contribution in [-0.2, 0) is 4.74 Å². The van der Waals surface area contributed by atoms with Crippen LogP contribution in [0.3, 0.4) is 0 Å². The zero-order valence-corrected chi connectivity index (χ0v) is 12.5. The predicted octanol–water partition coefficient (Wildman–Crippen LogP) is 3.87. The summed E-state index contributed by atoms with van der Waals surface area (Å²) in [6, 6.07) is 17.1. The Bertz CT molecular complexity index is 678. The molecule has 2 saturated heterocycles. The van der Waals surface area contributed by atoms with Crippen molar-refractivity contribution in [2.24, 2.45) is 0 Å². The van der Waals surface area contributed by atoms with Crippen LogP contribution in [0.15, 0.2) is 48.5 Å². The molecule has 2 fully saturated rings. The van der Waals surface area contributed by atoms with E-state index < -0.39 is 5.60 Å². The second-order valence-electron chi connectivity index (χ2n) is 7.08. The highest BCUT2D eigenvalue weighted by Gasteiger charge is 2.51. The maximum absolute atomic E-state index is 11.6. The van der Waals surface area contributed by atoms with E-state index in [1.807, 2.05) is 0 Å². The van der Waals surface area contributed by atoms with Gasteiger partial charge in [0, 0.05) is 18.8 Å². The van der Waals surface area contributed by atoms with Crippen LogP contribution in [0.25, 0.3) is 11.1 Å². The highest BCUT2D eigenvalue weighted by Crippen LogP contribution is 2.54. The topological polar surface area (TPSA) is 29.5 Å². The summed E-state index contributed by atoms with van der Waals surface area (Å²) in [5.41, 5.74) is 4.47. The molecule has 0 aromatic heterocycles. The molecule has 0 spiro atoms. The van der Waals surface area contributed by atoms with Crippen molar-refractivity contribution in [3.63, 3.8) is 0 Å². The van der Waals surface area contributed by atoms with E-state index in [0.29, 0.717) is 0 Å². The molecule has 2 atom stereocenters. The molecule has 0 radical (unpaired) electrons. The molecular formula is C20H20O2. The molecule has 1 aliphatic carbocycles. The molecule has 1 N–H and O–H groups in total. The lowest BCUT2D eigenvalue weighted by atomic mass is 9.74. The van der Waals surface area contributed by atoms with Gasteiger partial charge in [0.1, 0.15) is 0 Å². The Morgan fingerprint density at radius 2 is 1.32 bits per heavy atom. The fourth-order valence-corrected chi connectivity index (χ4v) is 4.92. The van der Waals surface area contributed by atoms with Crippen LogP contribution in [0.4, 0.5) is 0 Å². The van der Waals surface area contributed by atoms with Gasteiger partial charge in [-0.2, -0.15) is 0 Å². The minimum atomic E-state index is -0.674. The average molecular weight is 292 g/mol. The molecule has 2 aromatic carbocycles. The summed E-state index contributed by atoms with van der Waals surface area (Å²) in [6.45, 7) is 0. The molecule has 2 aromatic rings. The molecule has 3 aliphatic rings. The van der Waals surface area contributed by atoms with Gasteiger partial charge in [-0.25, -0.2) is 0 Å². The predicted molar refractivity (Wildman–Crippen MR) is 85.8 cm³/mol. The maximum Gasteiger partial charge on any atom is 0.0806 e. The zero-order valence-electron chi connectivity index (χ0n) is 12.5. The molecule has 2 bridgehead atoms. The van der Waals surface area contributed by atoms with Crippen molar-refractivity contribution >= 4 is 0 Å². The largest absolute Gasteiger partial charge is 0.389 e. The number of rotatable bonds is 1. The third-order valence-corrected chi connectivity index (χ3v) is 5.73. The van der Waals surface area contributed by atoms with Gasteiger partial charge in [-0.15, -0.1) is 0 Å². The van der Waals surface area contributed by atoms with E-state index in [4.69, 9.17) is 4.74 Å². The first kappa shape index (κ1) is 12.9. The highest BCUT2D eigenvalue weighted by atomic mass is 16.5. The molecular weight excluding hydrogens is 272 g/mol. The first-order valence-corrected chi connectivity index (χ1v) is 8.31. The molecule has 2 heterocycles. The van der Waals surface area contributed by atoms with Gasteiger partial charge in [0.25, 0.3) is 0 Å². The maximum atomic E-state index is 11.6. The van der Waals surface area contributed by atoms with Gasteiger partial charge in [0.2, 0.25) is 0 Å². The first-order chi connectivity index (χ1) is 10.7. The third-order valence-electron chi connectivity index (χ3n) is 5.73. The van der Waals surface area contributed by atoms with E-state index in [-0.39, 0.29) is 18.1 Å². The average Bonchev–Trinajstić information content (AvgIpc) is 3.05. The number of hydrogen-bond acceptors (Lipinski definition) is 2. The van der Waals surface area contributed by atoms with E-state index in [1.54, 1.807) is 0 Å². The van der Waals surface area contributed by atoms with Crippen molar-refractivity contribution in [1.29, 1.82) is 0 Å². The molecule has 2 nitrogen and oxygen atoms in total. The molecule has 2 heteroatoms. The van der Waals surface area contributed by atoms with Gasteiger partial charge in [-0.1, -0.05) is 48.5 Å². The Labute approximate surface area is 130 Å². The number of ether oxygens (including phenoxy) is 1. The van der Waals surface area contributed by atoms with Crippen LogP contribution in [0.5, 0.6) is 0 Å². The van der Waals surface area contributed by atoms with Gasteiger partial charge in [0.05, 0.1) is 17.8 Å². The molecule has 2 unspecified atom stereocenters. The normalized spacial score (nSPS) is 32.8. The van der Waals surface area contributed by atoms with Gasteiger partial charge in [-0.05, 0) is 35.1 Å². The number of aliphatic hydroxyl groups is 1. The SMILES string of the molecule is OC1(C2c3ccccc3-c3ccccc32)CC2CCC(C1)O2. The van der Waals surface area contributed by atoms with Crippen molar-refractivity contribution in [3.8, 4) is 11.1 Å². The van der Waals surface area contributed by atoms with Gasteiger partial charge >= 0.3 is 0 Å². The van der Waals surface area contributed by atoms with Crippen LogP contribution >= 0.6 is 0 Å². The Hall–Kier alpha value is -1.64. The van der Waals surface area contributed by atoms with Crippen molar-refractivity contribution in [1.82, 2.24) is 0 Å². The van der Waals surface area contributed by atoms with E-state index >= 15 is 0 Å². The number of benzene rings is 2. The molecule has 112 valence electrons. The molecule has 22 heavy (non-hydrogen) atoms. The van der Waals surface area contributed by atoms with Gasteiger partial charge < -0.3 is 9.84 Å².